The summed E-state index contributed by atoms with van der Waals surface area (Å²) in [6, 6.07) is 18.5. The Balaban J connectivity index is 1.72. The van der Waals surface area contributed by atoms with Crippen LogP contribution in [-0.2, 0) is 22.5 Å². The number of rotatable bonds is 7. The van der Waals surface area contributed by atoms with E-state index in [0.29, 0.717) is 26.0 Å². The topological polar surface area (TPSA) is 49.8 Å². The molecule has 0 amide bonds. The van der Waals surface area contributed by atoms with Crippen molar-refractivity contribution >= 4 is 5.97 Å². The van der Waals surface area contributed by atoms with Crippen LogP contribution >= 0.6 is 0 Å². The van der Waals surface area contributed by atoms with E-state index in [1.54, 1.807) is 0 Å². The van der Waals surface area contributed by atoms with Crippen LogP contribution in [0.3, 0.4) is 0 Å². The molecule has 1 fully saturated rings. The average molecular weight is 406 g/mol. The van der Waals surface area contributed by atoms with Gasteiger partial charge in [-0.1, -0.05) is 54.3 Å². The fraction of sp³-hybridized carbons (Fsp3) is 0.423. The SMILES string of the molecule is CCOC(=O)C1(Cc2ccccc2)CCCN(Cc2ccc(C#CCCO)cc2)C1. The summed E-state index contributed by atoms with van der Waals surface area (Å²) in [4.78, 5) is 15.4. The van der Waals surface area contributed by atoms with Crippen molar-refractivity contribution in [1.82, 2.24) is 4.90 Å². The van der Waals surface area contributed by atoms with E-state index in [1.807, 2.05) is 37.3 Å². The van der Waals surface area contributed by atoms with Gasteiger partial charge in [-0.2, -0.15) is 0 Å². The third-order valence-electron chi connectivity index (χ3n) is 5.58. The first kappa shape index (κ1) is 22.1. The Labute approximate surface area is 179 Å². The molecule has 1 aliphatic rings. The first-order valence-corrected chi connectivity index (χ1v) is 10.8. The molecular weight excluding hydrogens is 374 g/mol. The van der Waals surface area contributed by atoms with Crippen molar-refractivity contribution in [3.8, 4) is 11.8 Å². The zero-order chi connectivity index (χ0) is 21.2. The molecule has 1 aliphatic heterocycles. The van der Waals surface area contributed by atoms with Gasteiger partial charge in [0.25, 0.3) is 0 Å². The van der Waals surface area contributed by atoms with E-state index in [1.165, 1.54) is 11.1 Å². The molecule has 1 heterocycles. The second-order valence-corrected chi connectivity index (χ2v) is 7.95. The maximum absolute atomic E-state index is 13.0. The van der Waals surface area contributed by atoms with Crippen LogP contribution in [0.15, 0.2) is 54.6 Å². The van der Waals surface area contributed by atoms with Crippen LogP contribution in [0.2, 0.25) is 0 Å². The zero-order valence-electron chi connectivity index (χ0n) is 17.8. The van der Waals surface area contributed by atoms with Gasteiger partial charge in [0.15, 0.2) is 0 Å². The van der Waals surface area contributed by atoms with Gasteiger partial charge < -0.3 is 9.84 Å². The summed E-state index contributed by atoms with van der Waals surface area (Å²) in [7, 11) is 0. The van der Waals surface area contributed by atoms with Crippen molar-refractivity contribution < 1.29 is 14.6 Å². The summed E-state index contributed by atoms with van der Waals surface area (Å²) in [5, 5.41) is 8.84. The molecule has 1 N–H and O–H groups in total. The van der Waals surface area contributed by atoms with Crippen LogP contribution in [0.5, 0.6) is 0 Å². The van der Waals surface area contributed by atoms with E-state index in [0.717, 1.165) is 31.5 Å². The highest BCUT2D eigenvalue weighted by molar-refractivity contribution is 5.77. The van der Waals surface area contributed by atoms with Crippen molar-refractivity contribution in [2.24, 2.45) is 5.41 Å². The van der Waals surface area contributed by atoms with Crippen LogP contribution in [-0.4, -0.2) is 42.3 Å². The minimum atomic E-state index is -0.495. The minimum absolute atomic E-state index is 0.0759. The van der Waals surface area contributed by atoms with Crippen molar-refractivity contribution in [1.29, 1.82) is 0 Å². The highest BCUT2D eigenvalue weighted by Crippen LogP contribution is 2.36. The quantitative estimate of drug-likeness (QED) is 0.562. The van der Waals surface area contributed by atoms with Crippen LogP contribution in [0, 0.1) is 17.3 Å². The number of likely N-dealkylation sites (tertiary alicyclic amines) is 1. The number of carbonyl (C=O) groups excluding carboxylic acids is 1. The maximum Gasteiger partial charge on any atom is 0.313 e. The lowest BCUT2D eigenvalue weighted by molar-refractivity contribution is -0.159. The fourth-order valence-electron chi connectivity index (χ4n) is 4.19. The van der Waals surface area contributed by atoms with Gasteiger partial charge in [0.1, 0.15) is 0 Å². The van der Waals surface area contributed by atoms with E-state index in [2.05, 4.69) is 41.0 Å². The smallest absolute Gasteiger partial charge is 0.313 e. The number of aliphatic hydroxyl groups excluding tert-OH is 1. The molecule has 0 bridgehead atoms. The number of hydrogen-bond donors (Lipinski definition) is 1. The summed E-state index contributed by atoms with van der Waals surface area (Å²) < 4.78 is 5.52. The molecule has 1 unspecified atom stereocenters. The Hall–Kier alpha value is -2.61. The molecule has 4 heteroatoms. The van der Waals surface area contributed by atoms with Gasteiger partial charge in [-0.3, -0.25) is 9.69 Å². The first-order valence-electron chi connectivity index (χ1n) is 10.8. The summed E-state index contributed by atoms with van der Waals surface area (Å²) in [6.45, 7) is 4.87. The fourth-order valence-corrected chi connectivity index (χ4v) is 4.19. The van der Waals surface area contributed by atoms with E-state index < -0.39 is 5.41 Å². The summed E-state index contributed by atoms with van der Waals surface area (Å²) in [5.74, 6) is 5.93. The van der Waals surface area contributed by atoms with Gasteiger partial charge >= 0.3 is 5.97 Å². The van der Waals surface area contributed by atoms with Gasteiger partial charge in [-0.15, -0.1) is 0 Å². The highest BCUT2D eigenvalue weighted by atomic mass is 16.5. The predicted molar refractivity (Wildman–Crippen MR) is 119 cm³/mol. The molecular formula is C26H31NO3. The molecule has 158 valence electrons. The molecule has 4 nitrogen and oxygen atoms in total. The number of benzene rings is 2. The predicted octanol–water partition coefficient (Wildman–Crippen LogP) is 3.81. The number of ether oxygens (including phenoxy) is 1. The normalized spacial score (nSPS) is 19.0. The van der Waals surface area contributed by atoms with Gasteiger partial charge in [0.2, 0.25) is 0 Å². The van der Waals surface area contributed by atoms with Crippen LogP contribution in [0.25, 0.3) is 0 Å². The Morgan fingerprint density at radius 3 is 2.60 bits per heavy atom. The van der Waals surface area contributed by atoms with E-state index in [9.17, 15) is 4.79 Å². The highest BCUT2D eigenvalue weighted by Gasteiger charge is 2.43. The summed E-state index contributed by atoms with van der Waals surface area (Å²) in [6.07, 6.45) is 3.04. The lowest BCUT2D eigenvalue weighted by Crippen LogP contribution is -2.49. The van der Waals surface area contributed by atoms with Gasteiger partial charge in [0.05, 0.1) is 18.6 Å². The second-order valence-electron chi connectivity index (χ2n) is 7.95. The Kier molecular flexibility index (Phi) is 8.07. The Morgan fingerprint density at radius 2 is 1.90 bits per heavy atom. The largest absolute Gasteiger partial charge is 0.466 e. The molecule has 1 saturated heterocycles. The molecule has 1 atom stereocenters. The van der Waals surface area contributed by atoms with E-state index >= 15 is 0 Å². The second kappa shape index (κ2) is 11.0. The van der Waals surface area contributed by atoms with Gasteiger partial charge in [-0.05, 0) is 56.0 Å². The summed E-state index contributed by atoms with van der Waals surface area (Å²) >= 11 is 0. The van der Waals surface area contributed by atoms with Crippen LogP contribution in [0.4, 0.5) is 0 Å². The number of aliphatic hydroxyl groups is 1. The maximum atomic E-state index is 13.0. The number of nitrogens with zero attached hydrogens (tertiary/aromatic N) is 1. The number of piperidine rings is 1. The number of hydrogen-bond acceptors (Lipinski definition) is 4. The average Bonchev–Trinajstić information content (AvgIpc) is 2.76. The third-order valence-corrected chi connectivity index (χ3v) is 5.58. The number of esters is 1. The van der Waals surface area contributed by atoms with Crippen LogP contribution in [0.1, 0.15) is 42.9 Å². The summed E-state index contributed by atoms with van der Waals surface area (Å²) in [5.41, 5.74) is 2.85. The molecule has 2 aromatic rings. The monoisotopic (exact) mass is 405 g/mol. The first-order chi connectivity index (χ1) is 14.6. The third kappa shape index (κ3) is 5.95. The van der Waals surface area contributed by atoms with Crippen molar-refractivity contribution in [2.45, 2.75) is 39.2 Å². The standard InChI is InChI=1S/C26H31NO3/c1-2-30-25(29)26(19-23-10-4-3-5-11-23)16-8-17-27(21-26)20-24-14-12-22(13-15-24)9-6-7-18-28/h3-5,10-15,28H,2,7-8,16-21H2,1H3. The van der Waals surface area contributed by atoms with Crippen LogP contribution < -0.4 is 0 Å². The lowest BCUT2D eigenvalue weighted by Gasteiger charge is -2.41. The lowest BCUT2D eigenvalue weighted by atomic mass is 9.75. The molecule has 0 aromatic heterocycles. The molecule has 2 aromatic carbocycles. The molecule has 0 saturated carbocycles. The van der Waals surface area contributed by atoms with E-state index in [-0.39, 0.29) is 12.6 Å². The Morgan fingerprint density at radius 1 is 1.13 bits per heavy atom. The van der Waals surface area contributed by atoms with Gasteiger partial charge in [-0.25, -0.2) is 0 Å². The molecule has 3 rings (SSSR count). The minimum Gasteiger partial charge on any atom is -0.466 e. The molecule has 0 spiro atoms. The van der Waals surface area contributed by atoms with E-state index in [4.69, 9.17) is 9.84 Å². The van der Waals surface area contributed by atoms with Gasteiger partial charge in [0, 0.05) is 25.1 Å². The zero-order valence-corrected chi connectivity index (χ0v) is 17.8. The van der Waals surface area contributed by atoms with Crippen molar-refractivity contribution in [3.05, 3.63) is 71.3 Å². The molecule has 30 heavy (non-hydrogen) atoms. The molecule has 0 aliphatic carbocycles. The Bertz CT molecular complexity index is 867. The molecule has 0 radical (unpaired) electrons. The van der Waals surface area contributed by atoms with Crippen molar-refractivity contribution in [2.75, 3.05) is 26.3 Å². The number of carbonyl (C=O) groups is 1. The van der Waals surface area contributed by atoms with Crippen molar-refractivity contribution in [3.63, 3.8) is 0 Å².